The number of rotatable bonds is 4. The molecule has 2 N–H and O–H groups in total. The Morgan fingerprint density at radius 2 is 2.10 bits per heavy atom. The number of fused-ring (bicyclic) bond motifs is 1. The maximum absolute atomic E-state index is 5.79. The van der Waals surface area contributed by atoms with Crippen molar-refractivity contribution in [1.82, 2.24) is 19.3 Å². The van der Waals surface area contributed by atoms with Crippen LogP contribution in [0.1, 0.15) is 31.3 Å². The van der Waals surface area contributed by atoms with E-state index in [1.54, 1.807) is 6.33 Å². The predicted octanol–water partition coefficient (Wildman–Crippen LogP) is 2.32. The monoisotopic (exact) mass is 269 g/mol. The lowest BCUT2D eigenvalue weighted by Crippen LogP contribution is -2.11. The Kier molecular flexibility index (Phi) is 3.28. The van der Waals surface area contributed by atoms with Gasteiger partial charge in [-0.3, -0.25) is 0 Å². The van der Waals surface area contributed by atoms with Gasteiger partial charge in [0.1, 0.15) is 12.2 Å². The van der Waals surface area contributed by atoms with Crippen molar-refractivity contribution in [3.63, 3.8) is 0 Å². The van der Waals surface area contributed by atoms with Gasteiger partial charge in [0.2, 0.25) is 0 Å². The average molecular weight is 269 g/mol. The molecule has 3 rings (SSSR count). The number of hydrogen-bond acceptors (Lipinski definition) is 3. The Morgan fingerprint density at radius 3 is 2.85 bits per heavy atom. The van der Waals surface area contributed by atoms with E-state index in [2.05, 4.69) is 52.9 Å². The zero-order valence-corrected chi connectivity index (χ0v) is 11.8. The van der Waals surface area contributed by atoms with E-state index in [1.165, 1.54) is 16.5 Å². The molecule has 0 atom stereocenters. The molecule has 20 heavy (non-hydrogen) atoms. The summed E-state index contributed by atoms with van der Waals surface area (Å²) in [4.78, 5) is 4.37. The fourth-order valence-corrected chi connectivity index (χ4v) is 2.57. The Balaban J connectivity index is 2.01. The fourth-order valence-electron chi connectivity index (χ4n) is 2.57. The smallest absolute Gasteiger partial charge is 0.147 e. The van der Waals surface area contributed by atoms with Gasteiger partial charge in [-0.2, -0.15) is 5.10 Å². The Hall–Kier alpha value is -2.14. The minimum Gasteiger partial charge on any atom is -0.340 e. The van der Waals surface area contributed by atoms with Crippen LogP contribution in [-0.2, 0) is 13.1 Å². The molecule has 0 unspecified atom stereocenters. The molecule has 0 amide bonds. The summed E-state index contributed by atoms with van der Waals surface area (Å²) in [7, 11) is 0. The van der Waals surface area contributed by atoms with Crippen molar-refractivity contribution in [3.8, 4) is 0 Å². The third-order valence-electron chi connectivity index (χ3n) is 3.57. The van der Waals surface area contributed by atoms with Crippen molar-refractivity contribution in [1.29, 1.82) is 0 Å². The van der Waals surface area contributed by atoms with Gasteiger partial charge >= 0.3 is 0 Å². The zero-order valence-electron chi connectivity index (χ0n) is 11.8. The highest BCUT2D eigenvalue weighted by Crippen LogP contribution is 2.21. The minimum absolute atomic E-state index is 0.314. The van der Waals surface area contributed by atoms with Gasteiger partial charge in [-0.05, 0) is 31.5 Å². The maximum atomic E-state index is 5.79. The Labute approximate surface area is 118 Å². The largest absolute Gasteiger partial charge is 0.340 e. The summed E-state index contributed by atoms with van der Waals surface area (Å²) in [6.45, 7) is 5.50. The maximum Gasteiger partial charge on any atom is 0.147 e. The summed E-state index contributed by atoms with van der Waals surface area (Å²) < 4.78 is 4.15. The van der Waals surface area contributed by atoms with Gasteiger partial charge in [-0.25, -0.2) is 9.67 Å². The summed E-state index contributed by atoms with van der Waals surface area (Å²) in [5, 5.41) is 5.50. The van der Waals surface area contributed by atoms with Crippen LogP contribution in [0.15, 0.2) is 36.8 Å². The van der Waals surface area contributed by atoms with E-state index in [0.717, 1.165) is 12.4 Å². The third kappa shape index (κ3) is 2.10. The minimum atomic E-state index is 0.314. The van der Waals surface area contributed by atoms with Crippen molar-refractivity contribution in [2.45, 2.75) is 33.0 Å². The second-order valence-electron chi connectivity index (χ2n) is 5.21. The fraction of sp³-hybridized carbons (Fsp3) is 0.333. The van der Waals surface area contributed by atoms with E-state index in [4.69, 9.17) is 5.73 Å². The topological polar surface area (TPSA) is 61.7 Å². The quantitative estimate of drug-likeness (QED) is 0.790. The number of nitrogens with two attached hydrogens (primary N) is 1. The highest BCUT2D eigenvalue weighted by Gasteiger charge is 2.10. The first-order valence-corrected chi connectivity index (χ1v) is 6.86. The molecule has 0 fully saturated rings. The molecule has 0 radical (unpaired) electrons. The van der Waals surface area contributed by atoms with Crippen LogP contribution >= 0.6 is 0 Å². The summed E-state index contributed by atoms with van der Waals surface area (Å²) in [5.41, 5.74) is 8.15. The highest BCUT2D eigenvalue weighted by atomic mass is 15.4. The second-order valence-corrected chi connectivity index (χ2v) is 5.21. The number of nitrogens with zero attached hydrogens (tertiary/aromatic N) is 4. The molecule has 104 valence electrons. The SMILES string of the molecule is CC(C)n1ncnc1Cn1ccc2c(CN)cccc21. The first-order valence-electron chi connectivity index (χ1n) is 6.86. The Morgan fingerprint density at radius 1 is 1.25 bits per heavy atom. The number of hydrogen-bond donors (Lipinski definition) is 1. The van der Waals surface area contributed by atoms with Crippen molar-refractivity contribution in [3.05, 3.63) is 48.2 Å². The van der Waals surface area contributed by atoms with E-state index in [1.807, 2.05) is 10.7 Å². The lowest BCUT2D eigenvalue weighted by molar-refractivity contribution is 0.498. The van der Waals surface area contributed by atoms with Crippen LogP contribution in [0.5, 0.6) is 0 Å². The van der Waals surface area contributed by atoms with Crippen LogP contribution < -0.4 is 5.73 Å². The first-order chi connectivity index (χ1) is 9.70. The molecule has 1 aromatic carbocycles. The van der Waals surface area contributed by atoms with Crippen molar-refractivity contribution in [2.24, 2.45) is 5.73 Å². The van der Waals surface area contributed by atoms with Crippen LogP contribution in [0.4, 0.5) is 0 Å². The van der Waals surface area contributed by atoms with E-state index in [0.29, 0.717) is 12.6 Å². The zero-order chi connectivity index (χ0) is 14.1. The molecular weight excluding hydrogens is 250 g/mol. The molecule has 0 saturated heterocycles. The lowest BCUT2D eigenvalue weighted by atomic mass is 10.1. The third-order valence-corrected chi connectivity index (χ3v) is 3.57. The van der Waals surface area contributed by atoms with Crippen molar-refractivity contribution >= 4 is 10.9 Å². The van der Waals surface area contributed by atoms with Crippen LogP contribution in [-0.4, -0.2) is 19.3 Å². The summed E-state index contributed by atoms with van der Waals surface area (Å²) >= 11 is 0. The molecule has 2 heterocycles. The highest BCUT2D eigenvalue weighted by molar-refractivity contribution is 5.83. The van der Waals surface area contributed by atoms with E-state index in [9.17, 15) is 0 Å². The summed E-state index contributed by atoms with van der Waals surface area (Å²) in [5.74, 6) is 0.968. The lowest BCUT2D eigenvalue weighted by Gasteiger charge is -2.11. The molecule has 0 aliphatic rings. The Bertz CT molecular complexity index is 723. The van der Waals surface area contributed by atoms with E-state index >= 15 is 0 Å². The molecule has 2 aromatic heterocycles. The molecule has 3 aromatic rings. The molecule has 0 spiro atoms. The standard InChI is InChI=1S/C15H19N5/c1-11(2)20-15(17-10-18-20)9-19-7-6-13-12(8-16)4-3-5-14(13)19/h3-7,10-11H,8-9,16H2,1-2H3. The van der Waals surface area contributed by atoms with Gasteiger partial charge in [0.25, 0.3) is 0 Å². The molecule has 0 aliphatic heterocycles. The normalized spacial score (nSPS) is 11.6. The molecular formula is C15H19N5. The molecule has 0 aliphatic carbocycles. The van der Waals surface area contributed by atoms with Gasteiger partial charge < -0.3 is 10.3 Å². The number of aromatic nitrogens is 4. The van der Waals surface area contributed by atoms with Crippen LogP contribution in [0.2, 0.25) is 0 Å². The second kappa shape index (κ2) is 5.09. The van der Waals surface area contributed by atoms with Crippen LogP contribution in [0.3, 0.4) is 0 Å². The van der Waals surface area contributed by atoms with Gasteiger partial charge in [0, 0.05) is 29.7 Å². The van der Waals surface area contributed by atoms with Gasteiger partial charge in [0.05, 0.1) is 6.54 Å². The van der Waals surface area contributed by atoms with Crippen molar-refractivity contribution in [2.75, 3.05) is 0 Å². The summed E-state index contributed by atoms with van der Waals surface area (Å²) in [6, 6.07) is 8.67. The molecule has 0 saturated carbocycles. The van der Waals surface area contributed by atoms with Crippen LogP contribution in [0.25, 0.3) is 10.9 Å². The molecule has 5 nitrogen and oxygen atoms in total. The van der Waals surface area contributed by atoms with Crippen LogP contribution in [0, 0.1) is 0 Å². The van der Waals surface area contributed by atoms with Crippen molar-refractivity contribution < 1.29 is 0 Å². The van der Waals surface area contributed by atoms with E-state index < -0.39 is 0 Å². The van der Waals surface area contributed by atoms with Gasteiger partial charge in [-0.1, -0.05) is 12.1 Å². The average Bonchev–Trinajstić information content (AvgIpc) is 3.06. The predicted molar refractivity (Wildman–Crippen MR) is 79.3 cm³/mol. The first kappa shape index (κ1) is 12.9. The molecule has 0 bridgehead atoms. The van der Waals surface area contributed by atoms with E-state index in [-0.39, 0.29) is 0 Å². The van der Waals surface area contributed by atoms with Gasteiger partial charge in [0.15, 0.2) is 0 Å². The van der Waals surface area contributed by atoms with Gasteiger partial charge in [-0.15, -0.1) is 0 Å². The summed E-state index contributed by atoms with van der Waals surface area (Å²) in [6.07, 6.45) is 3.70. The number of benzene rings is 1. The molecule has 5 heteroatoms.